The second-order valence-electron chi connectivity index (χ2n) is 6.77. The molecule has 29 heavy (non-hydrogen) atoms. The van der Waals surface area contributed by atoms with Crippen molar-refractivity contribution >= 4 is 38.3 Å². The zero-order valence-electron chi connectivity index (χ0n) is 19.6. The fraction of sp³-hybridized carbons (Fsp3) is 0.333. The monoisotopic (exact) mass is 464 g/mol. The Morgan fingerprint density at radius 2 is 2.10 bits per heavy atom. The number of nitrogens with zero attached hydrogens (tertiary/aromatic N) is 3. The van der Waals surface area contributed by atoms with E-state index in [1.165, 1.54) is 31.6 Å². The van der Waals surface area contributed by atoms with Crippen molar-refractivity contribution in [1.29, 1.82) is 0 Å². The number of ether oxygens (including phenoxy) is 1. The van der Waals surface area contributed by atoms with E-state index in [2.05, 4.69) is 31.2 Å². The summed E-state index contributed by atoms with van der Waals surface area (Å²) >= 11 is 3.21. The van der Waals surface area contributed by atoms with Crippen LogP contribution in [0.4, 0.5) is 15.9 Å². The molecule has 0 unspecified atom stereocenters. The van der Waals surface area contributed by atoms with Crippen molar-refractivity contribution in [1.82, 2.24) is 14.9 Å². The minimum atomic E-state index is -1.81. The molecule has 1 fully saturated rings. The van der Waals surface area contributed by atoms with Crippen molar-refractivity contribution in [3.63, 3.8) is 0 Å². The van der Waals surface area contributed by atoms with E-state index in [1.54, 1.807) is 12.1 Å². The Morgan fingerprint density at radius 3 is 2.86 bits per heavy atom. The Hall–Kier alpha value is -2.45. The molecule has 0 aliphatic carbocycles. The second kappa shape index (κ2) is 8.51. The number of hydrogen-bond donors (Lipinski definition) is 2. The first-order valence-electron chi connectivity index (χ1n) is 11.0. The number of phenols is 1. The van der Waals surface area contributed by atoms with Crippen LogP contribution in [0.5, 0.6) is 11.5 Å². The third kappa shape index (κ3) is 4.59. The van der Waals surface area contributed by atoms with Crippen LogP contribution in [0.1, 0.15) is 18.3 Å². The molecule has 0 atom stereocenters. The molecule has 1 aliphatic heterocycles. The SMILES string of the molecule is [2H]C1([2H])CC(COc2cc3ncnc(Nc4ccc(Br)cc4F)c3cc2O)CC([2H])([2H])N1C. The van der Waals surface area contributed by atoms with Crippen molar-refractivity contribution in [2.24, 2.45) is 5.92 Å². The summed E-state index contributed by atoms with van der Waals surface area (Å²) < 4.78 is 52.9. The number of anilines is 2. The van der Waals surface area contributed by atoms with Gasteiger partial charge in [0, 0.05) is 21.4 Å². The molecule has 152 valence electrons. The van der Waals surface area contributed by atoms with Gasteiger partial charge in [0.05, 0.1) is 17.8 Å². The number of rotatable bonds is 5. The van der Waals surface area contributed by atoms with E-state index in [1.807, 2.05) is 0 Å². The number of likely N-dealkylation sites (tertiary alicyclic amines) is 1. The van der Waals surface area contributed by atoms with Crippen LogP contribution in [-0.2, 0) is 0 Å². The molecule has 2 heterocycles. The van der Waals surface area contributed by atoms with Crippen LogP contribution in [0.15, 0.2) is 41.1 Å². The highest BCUT2D eigenvalue weighted by atomic mass is 79.9. The topological polar surface area (TPSA) is 70.5 Å². The Bertz CT molecular complexity index is 1180. The summed E-state index contributed by atoms with van der Waals surface area (Å²) in [5.74, 6) is -0.597. The van der Waals surface area contributed by atoms with Gasteiger partial charge >= 0.3 is 0 Å². The number of benzene rings is 2. The smallest absolute Gasteiger partial charge is 0.163 e. The van der Waals surface area contributed by atoms with Crippen LogP contribution in [0.2, 0.25) is 0 Å². The molecular weight excluding hydrogens is 439 g/mol. The molecule has 1 aromatic heterocycles. The van der Waals surface area contributed by atoms with Crippen molar-refractivity contribution < 1.29 is 19.7 Å². The van der Waals surface area contributed by atoms with Gasteiger partial charge in [-0.1, -0.05) is 15.9 Å². The average Bonchev–Trinajstić information content (AvgIpc) is 2.72. The number of piperidine rings is 1. The van der Waals surface area contributed by atoms with E-state index in [9.17, 15) is 9.50 Å². The fourth-order valence-corrected chi connectivity index (χ4v) is 3.32. The minimum Gasteiger partial charge on any atom is -0.504 e. The maximum Gasteiger partial charge on any atom is 0.163 e. The van der Waals surface area contributed by atoms with Gasteiger partial charge in [0.15, 0.2) is 11.5 Å². The molecule has 0 saturated carbocycles. The van der Waals surface area contributed by atoms with Crippen molar-refractivity contribution in [2.75, 3.05) is 32.0 Å². The van der Waals surface area contributed by atoms with Crippen molar-refractivity contribution in [3.8, 4) is 11.5 Å². The Balaban J connectivity index is 1.55. The average molecular weight is 465 g/mol. The van der Waals surface area contributed by atoms with Crippen LogP contribution < -0.4 is 10.1 Å². The second-order valence-corrected chi connectivity index (χ2v) is 7.68. The maximum absolute atomic E-state index is 14.2. The van der Waals surface area contributed by atoms with E-state index in [-0.39, 0.29) is 42.6 Å². The normalized spacial score (nSPS) is 21.1. The molecule has 6 nitrogen and oxygen atoms in total. The molecule has 0 amide bonds. The van der Waals surface area contributed by atoms with E-state index in [4.69, 9.17) is 10.2 Å². The van der Waals surface area contributed by atoms with Gasteiger partial charge in [0.25, 0.3) is 0 Å². The number of aromatic nitrogens is 2. The van der Waals surface area contributed by atoms with Gasteiger partial charge in [0.1, 0.15) is 18.0 Å². The first kappa shape index (κ1) is 15.4. The molecule has 1 saturated heterocycles. The largest absolute Gasteiger partial charge is 0.504 e. The summed E-state index contributed by atoms with van der Waals surface area (Å²) in [6.07, 6.45) is 1.51. The van der Waals surface area contributed by atoms with Crippen molar-refractivity contribution in [3.05, 3.63) is 46.9 Å². The summed E-state index contributed by atoms with van der Waals surface area (Å²) in [6.45, 7) is -3.58. The van der Waals surface area contributed by atoms with Gasteiger partial charge in [0.2, 0.25) is 0 Å². The predicted octanol–water partition coefficient (Wildman–Crippen LogP) is 4.70. The number of phenolic OH excluding ortho intramolecular Hbond substituents is 1. The van der Waals surface area contributed by atoms with Gasteiger partial charge in [-0.15, -0.1) is 0 Å². The Kier molecular flexibility index (Phi) is 4.52. The lowest BCUT2D eigenvalue weighted by Crippen LogP contribution is -2.32. The molecule has 4 rings (SSSR count). The summed E-state index contributed by atoms with van der Waals surface area (Å²) in [5.41, 5.74) is 0.663. The number of halogens is 2. The molecule has 2 aromatic carbocycles. The number of nitrogens with one attached hydrogen (secondary N) is 1. The van der Waals surface area contributed by atoms with Gasteiger partial charge in [-0.3, -0.25) is 0 Å². The highest BCUT2D eigenvalue weighted by molar-refractivity contribution is 9.10. The standard InChI is InChI=1S/C21H22BrFN4O2/c1-27-6-4-13(5-7-27)11-29-20-10-18-15(9-19(20)28)21(25-12-24-18)26-17-3-2-14(22)8-16(17)23/h2-3,8-10,12-13,28H,4-7,11H2,1H3,(H,24,25,26)/i6D2,7D2. The van der Waals surface area contributed by atoms with E-state index < -0.39 is 18.8 Å². The molecule has 3 aromatic rings. The zero-order chi connectivity index (χ0) is 24.0. The first-order chi connectivity index (χ1) is 15.5. The van der Waals surface area contributed by atoms with Gasteiger partial charge in [-0.05, 0) is 63.1 Å². The summed E-state index contributed by atoms with van der Waals surface area (Å²) in [4.78, 5) is 9.46. The number of hydrogen-bond acceptors (Lipinski definition) is 6. The number of fused-ring (bicyclic) bond motifs is 1. The first-order valence-corrected chi connectivity index (χ1v) is 9.82. The van der Waals surface area contributed by atoms with Crippen LogP contribution in [0, 0.1) is 11.7 Å². The highest BCUT2D eigenvalue weighted by Gasteiger charge is 2.18. The Labute approximate surface area is 182 Å². The van der Waals surface area contributed by atoms with E-state index >= 15 is 0 Å². The van der Waals surface area contributed by atoms with Crippen LogP contribution in [0.3, 0.4) is 0 Å². The summed E-state index contributed by atoms with van der Waals surface area (Å²) in [7, 11) is 1.43. The molecule has 0 radical (unpaired) electrons. The summed E-state index contributed by atoms with van der Waals surface area (Å²) in [5, 5.41) is 13.9. The third-order valence-corrected chi connectivity index (χ3v) is 5.10. The molecule has 0 spiro atoms. The lowest BCUT2D eigenvalue weighted by atomic mass is 9.98. The molecule has 8 heteroatoms. The fourth-order valence-electron chi connectivity index (χ4n) is 2.99. The summed E-state index contributed by atoms with van der Waals surface area (Å²) in [6, 6.07) is 7.50. The quantitative estimate of drug-likeness (QED) is 0.569. The molecule has 1 aliphatic rings. The maximum atomic E-state index is 14.2. The zero-order valence-corrected chi connectivity index (χ0v) is 17.2. The van der Waals surface area contributed by atoms with E-state index in [0.717, 1.165) is 4.90 Å². The predicted molar refractivity (Wildman–Crippen MR) is 114 cm³/mol. The molecule has 0 bridgehead atoms. The minimum absolute atomic E-state index is 0.0340. The van der Waals surface area contributed by atoms with Crippen LogP contribution in [-0.4, -0.2) is 46.6 Å². The van der Waals surface area contributed by atoms with E-state index in [0.29, 0.717) is 21.2 Å². The van der Waals surface area contributed by atoms with Crippen molar-refractivity contribution in [2.45, 2.75) is 12.8 Å². The van der Waals surface area contributed by atoms with Crippen LogP contribution >= 0.6 is 15.9 Å². The molecular formula is C21H22BrFN4O2. The van der Waals surface area contributed by atoms with Gasteiger partial charge < -0.3 is 20.1 Å². The Morgan fingerprint density at radius 1 is 1.31 bits per heavy atom. The lowest BCUT2D eigenvalue weighted by molar-refractivity contribution is 0.158. The molecule has 2 N–H and O–H groups in total. The van der Waals surface area contributed by atoms with Gasteiger partial charge in [-0.25, -0.2) is 14.4 Å². The lowest BCUT2D eigenvalue weighted by Gasteiger charge is -2.28. The highest BCUT2D eigenvalue weighted by Crippen LogP contribution is 2.35. The van der Waals surface area contributed by atoms with Crippen LogP contribution in [0.25, 0.3) is 10.9 Å². The number of aromatic hydroxyl groups is 1. The third-order valence-electron chi connectivity index (χ3n) is 4.61. The van der Waals surface area contributed by atoms with Gasteiger partial charge in [-0.2, -0.15) is 0 Å².